The number of aryl methyl sites for hydroxylation is 2. The van der Waals surface area contributed by atoms with Crippen molar-refractivity contribution in [3.63, 3.8) is 0 Å². The molecule has 0 amide bonds. The number of rotatable bonds is 5. The predicted molar refractivity (Wildman–Crippen MR) is 140 cm³/mol. The molecular formula is C27H33BF3N5O2. The molecule has 1 saturated heterocycles. The van der Waals surface area contributed by atoms with Crippen LogP contribution in [-0.2, 0) is 41.3 Å². The molecule has 0 radical (unpaired) electrons. The van der Waals surface area contributed by atoms with Crippen LogP contribution in [0.15, 0.2) is 30.6 Å². The Morgan fingerprint density at radius 2 is 1.55 bits per heavy atom. The zero-order valence-corrected chi connectivity index (χ0v) is 22.7. The Labute approximate surface area is 221 Å². The number of alkyl halides is 3. The van der Waals surface area contributed by atoms with Gasteiger partial charge in [-0.3, -0.25) is 0 Å². The van der Waals surface area contributed by atoms with E-state index in [4.69, 9.17) is 14.4 Å². The summed E-state index contributed by atoms with van der Waals surface area (Å²) in [7, 11) is -0.667. The first-order chi connectivity index (χ1) is 17.9. The van der Waals surface area contributed by atoms with Gasteiger partial charge in [0.15, 0.2) is 0 Å². The number of halogens is 3. The van der Waals surface area contributed by atoms with Crippen LogP contribution in [0.4, 0.5) is 19.1 Å². The minimum atomic E-state index is -4.48. The van der Waals surface area contributed by atoms with Crippen LogP contribution in [0, 0.1) is 0 Å². The molecule has 0 aliphatic carbocycles. The van der Waals surface area contributed by atoms with Crippen LogP contribution in [0.1, 0.15) is 69.5 Å². The average Bonchev–Trinajstić information content (AvgIpc) is 3.35. The third-order valence-electron chi connectivity index (χ3n) is 7.98. The van der Waals surface area contributed by atoms with E-state index in [1.165, 1.54) is 11.1 Å². The van der Waals surface area contributed by atoms with Gasteiger partial charge in [-0.15, -0.1) is 0 Å². The smallest absolute Gasteiger partial charge is 0.398 e. The van der Waals surface area contributed by atoms with E-state index in [1.54, 1.807) is 0 Å². The largest absolute Gasteiger partial charge is 0.515 e. The second-order valence-corrected chi connectivity index (χ2v) is 10.9. The third kappa shape index (κ3) is 4.49. The molecule has 2 aliphatic heterocycles. The maximum atomic E-state index is 13.1. The van der Waals surface area contributed by atoms with Gasteiger partial charge in [0.1, 0.15) is 0 Å². The summed E-state index contributed by atoms with van der Waals surface area (Å²) < 4.78 is 54.2. The lowest BCUT2D eigenvalue weighted by Gasteiger charge is -2.32. The second-order valence-electron chi connectivity index (χ2n) is 10.9. The van der Waals surface area contributed by atoms with Crippen molar-refractivity contribution in [2.24, 2.45) is 0 Å². The molecule has 7 nitrogen and oxygen atoms in total. The number of hydrogen-bond acceptors (Lipinski definition) is 6. The molecule has 1 fully saturated rings. The van der Waals surface area contributed by atoms with Crippen LogP contribution in [-0.4, -0.2) is 44.6 Å². The van der Waals surface area contributed by atoms with Crippen molar-refractivity contribution in [1.82, 2.24) is 19.7 Å². The number of nitrogens with zero attached hydrogens (tertiary/aromatic N) is 5. The highest BCUT2D eigenvalue weighted by molar-refractivity contribution is 6.62. The van der Waals surface area contributed by atoms with Crippen molar-refractivity contribution in [2.75, 3.05) is 11.4 Å². The lowest BCUT2D eigenvalue weighted by Crippen LogP contribution is -2.44. The van der Waals surface area contributed by atoms with Crippen LogP contribution < -0.4 is 10.5 Å². The van der Waals surface area contributed by atoms with Gasteiger partial charge < -0.3 is 14.2 Å². The highest BCUT2D eigenvalue weighted by Crippen LogP contribution is 2.38. The normalized spacial score (nSPS) is 18.7. The molecule has 1 aromatic carbocycles. The van der Waals surface area contributed by atoms with Gasteiger partial charge in [-0.2, -0.15) is 18.3 Å². The third-order valence-corrected chi connectivity index (χ3v) is 7.98. The summed E-state index contributed by atoms with van der Waals surface area (Å²) in [5.41, 5.74) is 4.07. The first kappa shape index (κ1) is 26.7. The summed E-state index contributed by atoms with van der Waals surface area (Å²) in [5.74, 6) is 0.250. The lowest BCUT2D eigenvalue weighted by atomic mass is 9.79. The van der Waals surface area contributed by atoms with Gasteiger partial charge in [-0.05, 0) is 51.7 Å². The number of benzene rings is 1. The summed E-state index contributed by atoms with van der Waals surface area (Å²) in [4.78, 5) is 9.96. The van der Waals surface area contributed by atoms with Crippen molar-refractivity contribution in [2.45, 2.75) is 84.7 Å². The Morgan fingerprint density at radius 1 is 0.974 bits per heavy atom. The molecule has 5 rings (SSSR count). The molecule has 0 N–H and O–H groups in total. The summed E-state index contributed by atoms with van der Waals surface area (Å²) >= 11 is 0. The van der Waals surface area contributed by atoms with E-state index in [0.717, 1.165) is 47.8 Å². The lowest BCUT2D eigenvalue weighted by molar-refractivity contribution is -0.138. The highest BCUT2D eigenvalue weighted by Gasteiger charge is 2.54. The minimum absolute atomic E-state index is 0.250. The fourth-order valence-electron chi connectivity index (χ4n) is 5.05. The molecule has 0 atom stereocenters. The van der Waals surface area contributed by atoms with E-state index in [-0.39, 0.29) is 5.95 Å². The Kier molecular flexibility index (Phi) is 6.58. The monoisotopic (exact) mass is 527 g/mol. The van der Waals surface area contributed by atoms with Crippen molar-refractivity contribution in [3.8, 4) is 5.69 Å². The molecule has 0 saturated carbocycles. The van der Waals surface area contributed by atoms with Crippen molar-refractivity contribution < 1.29 is 22.5 Å². The molecule has 11 heteroatoms. The standard InChI is InChI=1S/C27H33BF3N5O2/c1-7-17-10-9-11-18(8-2)22(17)36-23(28-37-25(3,4)26(5,6)38-28)20-16-35(13-12-21(20)34-36)24-32-14-19(15-33-24)27(29,30)31/h9-11,14-15H,7-8,12-13,16H2,1-6H3. The molecule has 38 heavy (non-hydrogen) atoms. The molecular weight excluding hydrogens is 494 g/mol. The van der Waals surface area contributed by atoms with Gasteiger partial charge in [0.25, 0.3) is 0 Å². The second kappa shape index (κ2) is 9.38. The van der Waals surface area contributed by atoms with E-state index in [0.29, 0.717) is 19.5 Å². The fraction of sp³-hybridized carbons (Fsp3) is 0.519. The van der Waals surface area contributed by atoms with Gasteiger partial charge >= 0.3 is 13.3 Å². The van der Waals surface area contributed by atoms with Gasteiger partial charge in [-0.1, -0.05) is 32.0 Å². The molecule has 2 aliphatic rings. The van der Waals surface area contributed by atoms with Crippen LogP contribution in [0.25, 0.3) is 5.69 Å². The zero-order valence-electron chi connectivity index (χ0n) is 22.7. The average molecular weight is 527 g/mol. The van der Waals surface area contributed by atoms with E-state index in [2.05, 4.69) is 42.0 Å². The predicted octanol–water partition coefficient (Wildman–Crippen LogP) is 4.67. The molecule has 202 valence electrons. The molecule has 4 heterocycles. The molecule has 2 aromatic heterocycles. The molecule has 3 aromatic rings. The summed E-state index contributed by atoms with van der Waals surface area (Å²) in [6.07, 6.45) is -0.551. The van der Waals surface area contributed by atoms with Gasteiger partial charge in [0, 0.05) is 37.5 Å². The number of anilines is 1. The molecule has 0 bridgehead atoms. The van der Waals surface area contributed by atoms with Crippen LogP contribution >= 0.6 is 0 Å². The van der Waals surface area contributed by atoms with Crippen molar-refractivity contribution in [3.05, 3.63) is 58.5 Å². The molecule has 0 unspecified atom stereocenters. The Hall–Kier alpha value is -2.92. The topological polar surface area (TPSA) is 65.3 Å². The Balaban J connectivity index is 1.62. The van der Waals surface area contributed by atoms with Crippen molar-refractivity contribution >= 4 is 18.7 Å². The Bertz CT molecular complexity index is 1300. The zero-order chi connectivity index (χ0) is 27.5. The van der Waals surface area contributed by atoms with Crippen molar-refractivity contribution in [1.29, 1.82) is 0 Å². The number of aromatic nitrogens is 4. The molecule has 0 spiro atoms. The number of fused-ring (bicyclic) bond motifs is 1. The maximum Gasteiger partial charge on any atom is 0.515 e. The number of para-hydroxylation sites is 1. The van der Waals surface area contributed by atoms with Crippen LogP contribution in [0.2, 0.25) is 0 Å². The Morgan fingerprint density at radius 3 is 2.08 bits per heavy atom. The summed E-state index contributed by atoms with van der Waals surface area (Å²) in [6.45, 7) is 13.2. The first-order valence-electron chi connectivity index (χ1n) is 13.1. The van der Waals surface area contributed by atoms with E-state index in [1.807, 2.05) is 37.3 Å². The van der Waals surface area contributed by atoms with Crippen LogP contribution in [0.3, 0.4) is 0 Å². The van der Waals surface area contributed by atoms with Gasteiger partial charge in [0.05, 0.1) is 33.7 Å². The minimum Gasteiger partial charge on any atom is -0.398 e. The van der Waals surface area contributed by atoms with E-state index < -0.39 is 30.1 Å². The van der Waals surface area contributed by atoms with Gasteiger partial charge in [0.2, 0.25) is 5.95 Å². The quantitative estimate of drug-likeness (QED) is 0.450. The van der Waals surface area contributed by atoms with Gasteiger partial charge in [-0.25, -0.2) is 14.6 Å². The maximum absolute atomic E-state index is 13.1. The fourth-order valence-corrected chi connectivity index (χ4v) is 5.05. The summed E-state index contributed by atoms with van der Waals surface area (Å²) in [5, 5.41) is 5.09. The van der Waals surface area contributed by atoms with E-state index in [9.17, 15) is 13.2 Å². The number of hydrogen-bond donors (Lipinski definition) is 0. The summed E-state index contributed by atoms with van der Waals surface area (Å²) in [6, 6.07) is 6.31. The van der Waals surface area contributed by atoms with E-state index >= 15 is 0 Å². The van der Waals surface area contributed by atoms with Crippen LogP contribution in [0.5, 0.6) is 0 Å². The first-order valence-corrected chi connectivity index (χ1v) is 13.1. The highest BCUT2D eigenvalue weighted by atomic mass is 19.4. The SMILES string of the molecule is CCc1cccc(CC)c1-n1nc2c(c1B1OC(C)(C)C(C)(C)O1)CN(c1ncc(C(F)(F)F)cn1)CC2.